The third-order valence-corrected chi connectivity index (χ3v) is 2.76. The van der Waals surface area contributed by atoms with Crippen LogP contribution in [-0.4, -0.2) is 31.0 Å². The van der Waals surface area contributed by atoms with Crippen LogP contribution < -0.4 is 5.32 Å². The Labute approximate surface area is 124 Å². The van der Waals surface area contributed by atoms with Gasteiger partial charge in [0.05, 0.1) is 11.5 Å². The molecule has 0 aliphatic heterocycles. The van der Waals surface area contributed by atoms with E-state index in [2.05, 4.69) is 5.32 Å². The zero-order valence-electron chi connectivity index (χ0n) is 12.7. The molecule has 0 radical (unpaired) electrons. The number of nitrogens with one attached hydrogen (secondary N) is 1. The second kappa shape index (κ2) is 9.10. The van der Waals surface area contributed by atoms with E-state index in [4.69, 9.17) is 9.47 Å². The van der Waals surface area contributed by atoms with E-state index in [0.717, 1.165) is 17.3 Å². The monoisotopic (exact) mass is 294 g/mol. The van der Waals surface area contributed by atoms with E-state index in [1.54, 1.807) is 0 Å². The molecule has 0 saturated carbocycles. The molecule has 0 bridgehead atoms. The summed E-state index contributed by atoms with van der Waals surface area (Å²) >= 11 is 0. The first-order chi connectivity index (χ1) is 10.1. The molecular formula is C15H22N2O4. The molecule has 0 aromatic heterocycles. The van der Waals surface area contributed by atoms with E-state index >= 15 is 0 Å². The highest BCUT2D eigenvalue weighted by atomic mass is 16.7. The number of nitrogens with zero attached hydrogens (tertiary/aromatic N) is 1. The molecule has 21 heavy (non-hydrogen) atoms. The summed E-state index contributed by atoms with van der Waals surface area (Å²) in [5.74, 6) is 0. The van der Waals surface area contributed by atoms with E-state index < -0.39 is 11.2 Å². The Morgan fingerprint density at radius 3 is 2.33 bits per heavy atom. The lowest BCUT2D eigenvalue weighted by molar-refractivity contribution is -0.401. The molecule has 0 spiro atoms. The largest absolute Gasteiger partial charge is 0.374 e. The lowest BCUT2D eigenvalue weighted by atomic mass is 10.1. The van der Waals surface area contributed by atoms with Crippen LogP contribution in [0.5, 0.6) is 0 Å². The Kier molecular flexibility index (Phi) is 7.42. The van der Waals surface area contributed by atoms with Gasteiger partial charge in [0.1, 0.15) is 5.70 Å². The van der Waals surface area contributed by atoms with Gasteiger partial charge in [-0.3, -0.25) is 10.1 Å². The number of benzene rings is 1. The summed E-state index contributed by atoms with van der Waals surface area (Å²) in [6, 6.07) is 7.50. The zero-order chi connectivity index (χ0) is 15.7. The molecule has 6 nitrogen and oxygen atoms in total. The van der Waals surface area contributed by atoms with Crippen molar-refractivity contribution in [1.29, 1.82) is 0 Å². The first-order valence-electron chi connectivity index (χ1n) is 6.96. The van der Waals surface area contributed by atoms with Crippen molar-refractivity contribution in [2.75, 3.05) is 19.8 Å². The molecule has 0 amide bonds. The molecule has 0 atom stereocenters. The molecule has 0 aliphatic carbocycles. The summed E-state index contributed by atoms with van der Waals surface area (Å²) in [7, 11) is 0. The van der Waals surface area contributed by atoms with Crippen LogP contribution in [-0.2, 0) is 9.47 Å². The molecule has 0 unspecified atom stereocenters. The molecule has 0 saturated heterocycles. The summed E-state index contributed by atoms with van der Waals surface area (Å²) in [4.78, 5) is 10.3. The smallest absolute Gasteiger partial charge is 0.258 e. The van der Waals surface area contributed by atoms with Gasteiger partial charge in [-0.25, -0.2) is 0 Å². The third kappa shape index (κ3) is 6.37. The van der Waals surface area contributed by atoms with Crippen LogP contribution in [0.3, 0.4) is 0 Å². The summed E-state index contributed by atoms with van der Waals surface area (Å²) < 4.78 is 10.8. The summed E-state index contributed by atoms with van der Waals surface area (Å²) in [5, 5.41) is 13.8. The molecule has 1 rings (SSSR count). The van der Waals surface area contributed by atoms with Crippen LogP contribution in [0.4, 0.5) is 0 Å². The van der Waals surface area contributed by atoms with Crippen molar-refractivity contribution in [3.8, 4) is 0 Å². The Hall–Kier alpha value is -1.92. The van der Waals surface area contributed by atoms with E-state index in [1.165, 1.54) is 0 Å². The van der Waals surface area contributed by atoms with Crippen molar-refractivity contribution in [2.45, 2.75) is 27.1 Å². The van der Waals surface area contributed by atoms with Gasteiger partial charge in [-0.1, -0.05) is 29.8 Å². The maximum atomic E-state index is 10.8. The zero-order valence-corrected chi connectivity index (χ0v) is 12.7. The van der Waals surface area contributed by atoms with Crippen molar-refractivity contribution in [3.63, 3.8) is 0 Å². The molecule has 0 fully saturated rings. The molecule has 1 aromatic carbocycles. The maximum Gasteiger partial charge on any atom is 0.258 e. The summed E-state index contributed by atoms with van der Waals surface area (Å²) in [6.07, 6.45) is 0.528. The highest BCUT2D eigenvalue weighted by Gasteiger charge is 2.11. The second-order valence-corrected chi connectivity index (χ2v) is 4.42. The fourth-order valence-corrected chi connectivity index (χ4v) is 1.79. The summed E-state index contributed by atoms with van der Waals surface area (Å²) in [6.45, 7) is 7.10. The molecular weight excluding hydrogens is 272 g/mol. The van der Waals surface area contributed by atoms with Crippen molar-refractivity contribution < 1.29 is 14.4 Å². The van der Waals surface area contributed by atoms with Gasteiger partial charge in [0.2, 0.25) is 0 Å². The van der Waals surface area contributed by atoms with Crippen LogP contribution >= 0.6 is 0 Å². The third-order valence-electron chi connectivity index (χ3n) is 2.76. The van der Waals surface area contributed by atoms with Gasteiger partial charge in [0.25, 0.3) is 6.20 Å². The fraction of sp³-hybridized carbons (Fsp3) is 0.467. The number of aryl methyl sites for hydroxylation is 1. The van der Waals surface area contributed by atoms with E-state index in [9.17, 15) is 10.1 Å². The van der Waals surface area contributed by atoms with Crippen LogP contribution in [0.25, 0.3) is 5.70 Å². The first-order valence-corrected chi connectivity index (χ1v) is 6.96. The standard InChI is InChI=1S/C15H22N2O4/c1-4-20-15(21-5-2)10-16-14(11-17(18)19)13-8-6-12(3)7-9-13/h6-9,11,15-16H,4-5,10H2,1-3H3. The highest BCUT2D eigenvalue weighted by Crippen LogP contribution is 2.13. The van der Waals surface area contributed by atoms with Gasteiger partial charge in [0.15, 0.2) is 6.29 Å². The normalized spacial score (nSPS) is 11.7. The van der Waals surface area contributed by atoms with E-state index in [0.29, 0.717) is 25.5 Å². The van der Waals surface area contributed by atoms with Gasteiger partial charge in [-0.2, -0.15) is 0 Å². The van der Waals surface area contributed by atoms with Gasteiger partial charge in [-0.15, -0.1) is 0 Å². The highest BCUT2D eigenvalue weighted by molar-refractivity contribution is 5.62. The Morgan fingerprint density at radius 2 is 1.86 bits per heavy atom. The van der Waals surface area contributed by atoms with Crippen LogP contribution in [0.1, 0.15) is 25.0 Å². The Morgan fingerprint density at radius 1 is 1.29 bits per heavy atom. The topological polar surface area (TPSA) is 73.6 Å². The average molecular weight is 294 g/mol. The van der Waals surface area contributed by atoms with E-state index in [-0.39, 0.29) is 0 Å². The van der Waals surface area contributed by atoms with Crippen LogP contribution in [0, 0.1) is 17.0 Å². The predicted octanol–water partition coefficient (Wildman–Crippen LogP) is 2.56. The minimum Gasteiger partial charge on any atom is -0.374 e. The number of nitro groups is 1. The minimum atomic E-state index is -0.474. The molecule has 1 N–H and O–H groups in total. The SMILES string of the molecule is CCOC(CNC(=C[N+](=O)[O-])c1ccc(C)cc1)OCC. The van der Waals surface area contributed by atoms with Gasteiger partial charge >= 0.3 is 0 Å². The lowest BCUT2D eigenvalue weighted by Crippen LogP contribution is -2.31. The van der Waals surface area contributed by atoms with Gasteiger partial charge in [-0.05, 0) is 20.8 Å². The predicted molar refractivity (Wildman–Crippen MR) is 81.2 cm³/mol. The van der Waals surface area contributed by atoms with Crippen molar-refractivity contribution >= 4 is 5.70 Å². The van der Waals surface area contributed by atoms with Crippen molar-refractivity contribution in [1.82, 2.24) is 5.32 Å². The molecule has 116 valence electrons. The average Bonchev–Trinajstić information content (AvgIpc) is 2.44. The number of rotatable bonds is 9. The van der Waals surface area contributed by atoms with Crippen molar-refractivity contribution in [3.05, 3.63) is 51.7 Å². The maximum absolute atomic E-state index is 10.8. The first kappa shape index (κ1) is 17.1. The number of hydrogen-bond donors (Lipinski definition) is 1. The van der Waals surface area contributed by atoms with E-state index in [1.807, 2.05) is 45.0 Å². The number of hydrogen-bond acceptors (Lipinski definition) is 5. The Balaban J connectivity index is 2.79. The molecule has 0 heterocycles. The van der Waals surface area contributed by atoms with Gasteiger partial charge < -0.3 is 14.8 Å². The lowest BCUT2D eigenvalue weighted by Gasteiger charge is -2.18. The fourth-order valence-electron chi connectivity index (χ4n) is 1.79. The molecule has 0 aliphatic rings. The second-order valence-electron chi connectivity index (χ2n) is 4.42. The van der Waals surface area contributed by atoms with Crippen LogP contribution in [0.2, 0.25) is 0 Å². The summed E-state index contributed by atoms with van der Waals surface area (Å²) in [5.41, 5.74) is 2.29. The van der Waals surface area contributed by atoms with Crippen molar-refractivity contribution in [2.24, 2.45) is 0 Å². The molecule has 1 aromatic rings. The quantitative estimate of drug-likeness (QED) is 0.430. The molecule has 6 heteroatoms. The van der Waals surface area contributed by atoms with Crippen LogP contribution in [0.15, 0.2) is 30.5 Å². The minimum absolute atomic E-state index is 0.342. The Bertz CT molecular complexity index is 465. The number of ether oxygens (including phenoxy) is 2. The van der Waals surface area contributed by atoms with Gasteiger partial charge in [0, 0.05) is 18.8 Å².